The van der Waals surface area contributed by atoms with Crippen LogP contribution in [0.5, 0.6) is 11.5 Å². The molecule has 0 unspecified atom stereocenters. The minimum absolute atomic E-state index is 0.0193. The van der Waals surface area contributed by atoms with Gasteiger partial charge in [0.15, 0.2) is 11.5 Å². The topological polar surface area (TPSA) is 79.9 Å². The van der Waals surface area contributed by atoms with Crippen molar-refractivity contribution in [1.29, 1.82) is 0 Å². The standard InChI is InChI=1S/C22H27N3O4/c1-15(2)29-19-9-6-17(12-20(19)28-3)22(27)24-13-16-4-7-18(8-5-16)25-11-10-23-21(26)14-25/h4-9,12,15H,10-11,13-14H2,1-3H3,(H,23,26)(H,24,27). The summed E-state index contributed by atoms with van der Waals surface area (Å²) in [5.41, 5.74) is 2.49. The molecule has 1 aliphatic heterocycles. The highest BCUT2D eigenvalue weighted by molar-refractivity contribution is 5.94. The van der Waals surface area contributed by atoms with Crippen LogP contribution in [0.2, 0.25) is 0 Å². The molecule has 1 saturated heterocycles. The summed E-state index contributed by atoms with van der Waals surface area (Å²) >= 11 is 0. The molecule has 1 heterocycles. The van der Waals surface area contributed by atoms with E-state index in [1.165, 1.54) is 0 Å². The highest BCUT2D eigenvalue weighted by Crippen LogP contribution is 2.29. The number of nitrogens with zero attached hydrogens (tertiary/aromatic N) is 1. The molecule has 154 valence electrons. The van der Waals surface area contributed by atoms with Gasteiger partial charge in [-0.05, 0) is 49.7 Å². The van der Waals surface area contributed by atoms with Crippen LogP contribution in [0, 0.1) is 0 Å². The van der Waals surface area contributed by atoms with Gasteiger partial charge in [0.05, 0.1) is 19.8 Å². The van der Waals surface area contributed by atoms with Crippen molar-refractivity contribution < 1.29 is 19.1 Å². The average Bonchev–Trinajstić information content (AvgIpc) is 2.72. The normalized spacial score (nSPS) is 13.8. The molecule has 2 amide bonds. The van der Waals surface area contributed by atoms with Crippen LogP contribution in [0.25, 0.3) is 0 Å². The van der Waals surface area contributed by atoms with E-state index in [0.717, 1.165) is 17.8 Å². The molecule has 3 rings (SSSR count). The highest BCUT2D eigenvalue weighted by Gasteiger charge is 2.16. The molecule has 1 fully saturated rings. The fraction of sp³-hybridized carbons (Fsp3) is 0.364. The van der Waals surface area contributed by atoms with Crippen LogP contribution >= 0.6 is 0 Å². The van der Waals surface area contributed by atoms with E-state index in [9.17, 15) is 9.59 Å². The van der Waals surface area contributed by atoms with E-state index in [1.54, 1.807) is 25.3 Å². The van der Waals surface area contributed by atoms with Crippen LogP contribution in [-0.2, 0) is 11.3 Å². The van der Waals surface area contributed by atoms with Crippen molar-refractivity contribution in [1.82, 2.24) is 10.6 Å². The number of carbonyl (C=O) groups excluding carboxylic acids is 2. The lowest BCUT2D eigenvalue weighted by molar-refractivity contribution is -0.120. The van der Waals surface area contributed by atoms with Crippen molar-refractivity contribution in [3.63, 3.8) is 0 Å². The molecule has 0 aliphatic carbocycles. The monoisotopic (exact) mass is 397 g/mol. The third-order valence-corrected chi connectivity index (χ3v) is 4.58. The maximum absolute atomic E-state index is 12.5. The van der Waals surface area contributed by atoms with E-state index >= 15 is 0 Å². The molecule has 0 aromatic heterocycles. The molecule has 0 atom stereocenters. The van der Waals surface area contributed by atoms with Gasteiger partial charge >= 0.3 is 0 Å². The number of hydrogen-bond donors (Lipinski definition) is 2. The van der Waals surface area contributed by atoms with Crippen molar-refractivity contribution in [2.45, 2.75) is 26.5 Å². The predicted octanol–water partition coefficient (Wildman–Crippen LogP) is 2.35. The number of hydrogen-bond acceptors (Lipinski definition) is 5. The molecule has 2 aromatic carbocycles. The first kappa shape index (κ1) is 20.5. The number of nitrogens with one attached hydrogen (secondary N) is 2. The lowest BCUT2D eigenvalue weighted by Crippen LogP contribution is -2.47. The zero-order chi connectivity index (χ0) is 20.8. The minimum atomic E-state index is -0.184. The van der Waals surface area contributed by atoms with Crippen LogP contribution in [-0.4, -0.2) is 44.7 Å². The van der Waals surface area contributed by atoms with E-state index < -0.39 is 0 Å². The predicted molar refractivity (Wildman–Crippen MR) is 112 cm³/mol. The number of methoxy groups -OCH3 is 1. The summed E-state index contributed by atoms with van der Waals surface area (Å²) in [5.74, 6) is 0.992. The molecule has 0 saturated carbocycles. The maximum Gasteiger partial charge on any atom is 0.251 e. The zero-order valence-electron chi connectivity index (χ0n) is 17.0. The summed E-state index contributed by atoms with van der Waals surface area (Å²) in [6.07, 6.45) is 0.0193. The number of carbonyl (C=O) groups is 2. The first-order chi connectivity index (χ1) is 14.0. The summed E-state index contributed by atoms with van der Waals surface area (Å²) in [6.45, 7) is 6.10. The van der Waals surface area contributed by atoms with Crippen LogP contribution in [0.1, 0.15) is 29.8 Å². The summed E-state index contributed by atoms with van der Waals surface area (Å²) in [6, 6.07) is 13.0. The Morgan fingerprint density at radius 3 is 2.59 bits per heavy atom. The van der Waals surface area contributed by atoms with Gasteiger partial charge in [0.1, 0.15) is 0 Å². The lowest BCUT2D eigenvalue weighted by atomic mass is 10.1. The van der Waals surface area contributed by atoms with Crippen molar-refractivity contribution in [2.75, 3.05) is 31.6 Å². The maximum atomic E-state index is 12.5. The van der Waals surface area contributed by atoms with E-state index in [0.29, 0.717) is 36.7 Å². The number of rotatable bonds is 7. The molecule has 2 N–H and O–H groups in total. The Hall–Kier alpha value is -3.22. The first-order valence-corrected chi connectivity index (χ1v) is 9.69. The second-order valence-electron chi connectivity index (χ2n) is 7.15. The number of benzene rings is 2. The Bertz CT molecular complexity index is 865. The summed E-state index contributed by atoms with van der Waals surface area (Å²) in [5, 5.41) is 5.74. The van der Waals surface area contributed by atoms with Crippen LogP contribution < -0.4 is 25.0 Å². The Morgan fingerprint density at radius 1 is 1.17 bits per heavy atom. The molecule has 29 heavy (non-hydrogen) atoms. The average molecular weight is 397 g/mol. The van der Waals surface area contributed by atoms with Crippen LogP contribution in [0.3, 0.4) is 0 Å². The van der Waals surface area contributed by atoms with Crippen molar-refractivity contribution in [3.8, 4) is 11.5 Å². The molecule has 0 bridgehead atoms. The molecule has 7 nitrogen and oxygen atoms in total. The van der Waals surface area contributed by atoms with Gasteiger partial charge < -0.3 is 25.0 Å². The molecular weight excluding hydrogens is 370 g/mol. The van der Waals surface area contributed by atoms with Crippen molar-refractivity contribution in [2.24, 2.45) is 0 Å². The molecule has 0 spiro atoms. The first-order valence-electron chi connectivity index (χ1n) is 9.69. The summed E-state index contributed by atoms with van der Waals surface area (Å²) < 4.78 is 11.0. The van der Waals surface area contributed by atoms with E-state index in [4.69, 9.17) is 9.47 Å². The smallest absolute Gasteiger partial charge is 0.251 e. The summed E-state index contributed by atoms with van der Waals surface area (Å²) in [7, 11) is 1.55. The Kier molecular flexibility index (Phi) is 6.59. The zero-order valence-corrected chi connectivity index (χ0v) is 17.0. The third kappa shape index (κ3) is 5.40. The minimum Gasteiger partial charge on any atom is -0.493 e. The molecular formula is C22H27N3O4. The largest absolute Gasteiger partial charge is 0.493 e. The quantitative estimate of drug-likeness (QED) is 0.750. The fourth-order valence-electron chi connectivity index (χ4n) is 3.13. The number of anilines is 1. The molecule has 7 heteroatoms. The van der Waals surface area contributed by atoms with Gasteiger partial charge in [-0.3, -0.25) is 9.59 Å². The van der Waals surface area contributed by atoms with Crippen LogP contribution in [0.4, 0.5) is 5.69 Å². The Labute approximate surface area is 171 Å². The van der Waals surface area contributed by atoms with Crippen molar-refractivity contribution in [3.05, 3.63) is 53.6 Å². The second-order valence-corrected chi connectivity index (χ2v) is 7.15. The van der Waals surface area contributed by atoms with Gasteiger partial charge in [-0.15, -0.1) is 0 Å². The molecule has 1 aliphatic rings. The number of amides is 2. The Morgan fingerprint density at radius 2 is 1.93 bits per heavy atom. The number of ether oxygens (including phenoxy) is 2. The molecule has 2 aromatic rings. The van der Waals surface area contributed by atoms with Gasteiger partial charge in [-0.25, -0.2) is 0 Å². The Balaban J connectivity index is 1.59. The summed E-state index contributed by atoms with van der Waals surface area (Å²) in [4.78, 5) is 26.1. The number of piperazine rings is 1. The highest BCUT2D eigenvalue weighted by atomic mass is 16.5. The van der Waals surface area contributed by atoms with Gasteiger partial charge in [-0.1, -0.05) is 12.1 Å². The van der Waals surface area contributed by atoms with Crippen molar-refractivity contribution >= 4 is 17.5 Å². The van der Waals surface area contributed by atoms with Gasteiger partial charge in [0.25, 0.3) is 5.91 Å². The van der Waals surface area contributed by atoms with Gasteiger partial charge in [-0.2, -0.15) is 0 Å². The van der Waals surface area contributed by atoms with Gasteiger partial charge in [0, 0.05) is 30.9 Å². The van der Waals surface area contributed by atoms with E-state index in [2.05, 4.69) is 10.6 Å². The van der Waals surface area contributed by atoms with Crippen LogP contribution in [0.15, 0.2) is 42.5 Å². The van der Waals surface area contributed by atoms with E-state index in [1.807, 2.05) is 43.0 Å². The second kappa shape index (κ2) is 9.32. The fourth-order valence-corrected chi connectivity index (χ4v) is 3.13. The van der Waals surface area contributed by atoms with E-state index in [-0.39, 0.29) is 17.9 Å². The SMILES string of the molecule is COc1cc(C(=O)NCc2ccc(N3CCNC(=O)C3)cc2)ccc1OC(C)C. The third-order valence-electron chi connectivity index (χ3n) is 4.58. The van der Waals surface area contributed by atoms with Gasteiger partial charge in [0.2, 0.25) is 5.91 Å². The lowest BCUT2D eigenvalue weighted by Gasteiger charge is -2.28. The molecule has 0 radical (unpaired) electrons.